The average molecular weight is 340 g/mol. The zero-order valence-corrected chi connectivity index (χ0v) is 12.5. The molecule has 0 bridgehead atoms. The summed E-state index contributed by atoms with van der Waals surface area (Å²) in [6, 6.07) is 0. The third-order valence-electron chi connectivity index (χ3n) is 3.85. The first-order chi connectivity index (χ1) is 11.3. The summed E-state index contributed by atoms with van der Waals surface area (Å²) >= 11 is 0. The summed E-state index contributed by atoms with van der Waals surface area (Å²) in [5, 5.41) is 18.9. The Kier molecular flexibility index (Phi) is 3.79. The molecule has 0 saturated carbocycles. The van der Waals surface area contributed by atoms with E-state index in [9.17, 15) is 19.4 Å². The van der Waals surface area contributed by atoms with E-state index in [1.807, 2.05) is 0 Å². The fraction of sp³-hybridized carbons (Fsp3) is 0.429. The number of H-pyrrole nitrogens is 1. The number of halogens is 2. The van der Waals surface area contributed by atoms with Crippen molar-refractivity contribution in [1.82, 2.24) is 14.5 Å². The average Bonchev–Trinajstić information content (AvgIpc) is 2.96. The molecule has 128 valence electrons. The van der Waals surface area contributed by atoms with E-state index in [0.717, 1.165) is 10.8 Å². The minimum absolute atomic E-state index is 0.260. The Labute approximate surface area is 133 Å². The van der Waals surface area contributed by atoms with Crippen LogP contribution in [-0.2, 0) is 4.74 Å². The molecule has 1 unspecified atom stereocenters. The lowest BCUT2D eigenvalue weighted by Gasteiger charge is -2.24. The topological polar surface area (TPSA) is 126 Å². The maximum Gasteiger partial charge on any atom is 0.264 e. The van der Waals surface area contributed by atoms with E-state index in [2.05, 4.69) is 21.8 Å². The Hall–Kier alpha value is -2.48. The number of nitrogens with zero attached hydrogens (tertiary/aromatic N) is 2. The van der Waals surface area contributed by atoms with Crippen molar-refractivity contribution in [3.05, 3.63) is 22.4 Å². The Morgan fingerprint density at radius 2 is 2.33 bits per heavy atom. The Bertz CT molecular complexity index is 915. The summed E-state index contributed by atoms with van der Waals surface area (Å²) in [5.74, 6) is 3.27. The lowest BCUT2D eigenvalue weighted by Crippen LogP contribution is -2.42. The number of hydrogen-bond donors (Lipinski definition) is 4. The number of fused-ring (bicyclic) bond motifs is 1. The van der Waals surface area contributed by atoms with Crippen molar-refractivity contribution >= 4 is 17.0 Å². The highest BCUT2D eigenvalue weighted by atomic mass is 19.1. The molecule has 1 fully saturated rings. The monoisotopic (exact) mass is 340 g/mol. The van der Waals surface area contributed by atoms with Crippen molar-refractivity contribution in [2.24, 2.45) is 0 Å². The van der Waals surface area contributed by atoms with E-state index in [0.29, 0.717) is 0 Å². The van der Waals surface area contributed by atoms with E-state index < -0.39 is 47.5 Å². The van der Waals surface area contributed by atoms with Gasteiger partial charge >= 0.3 is 0 Å². The van der Waals surface area contributed by atoms with Crippen molar-refractivity contribution < 1.29 is 23.7 Å². The van der Waals surface area contributed by atoms with Crippen LogP contribution in [0, 0.1) is 17.7 Å². The van der Waals surface area contributed by atoms with E-state index >= 15 is 4.39 Å². The van der Waals surface area contributed by atoms with Crippen LogP contribution in [0.4, 0.5) is 14.7 Å². The molecule has 0 radical (unpaired) electrons. The number of nitrogen functional groups attached to an aromatic ring is 1. The van der Waals surface area contributed by atoms with E-state index in [1.165, 1.54) is 6.92 Å². The highest BCUT2D eigenvalue weighted by Crippen LogP contribution is 2.42. The second-order valence-corrected chi connectivity index (χ2v) is 5.33. The first-order valence-corrected chi connectivity index (χ1v) is 6.96. The Morgan fingerprint density at radius 1 is 1.62 bits per heavy atom. The van der Waals surface area contributed by atoms with Crippen LogP contribution in [0.1, 0.15) is 13.2 Å². The molecule has 1 aliphatic rings. The predicted octanol–water partition coefficient (Wildman–Crippen LogP) is -0.572. The quantitative estimate of drug-likeness (QED) is 0.542. The van der Waals surface area contributed by atoms with Gasteiger partial charge in [0.25, 0.3) is 5.56 Å². The third kappa shape index (κ3) is 2.17. The van der Waals surface area contributed by atoms with Crippen molar-refractivity contribution in [3.63, 3.8) is 0 Å². The van der Waals surface area contributed by atoms with Gasteiger partial charge in [-0.2, -0.15) is 4.98 Å². The van der Waals surface area contributed by atoms with Crippen LogP contribution in [0.25, 0.3) is 11.0 Å². The minimum atomic E-state index is -2.64. The van der Waals surface area contributed by atoms with Crippen molar-refractivity contribution in [1.29, 1.82) is 0 Å². The number of ether oxygens (including phenoxy) is 1. The lowest BCUT2D eigenvalue weighted by molar-refractivity contribution is -0.0503. The number of alkyl halides is 1. The van der Waals surface area contributed by atoms with Gasteiger partial charge in [0, 0.05) is 6.20 Å². The van der Waals surface area contributed by atoms with Crippen molar-refractivity contribution in [2.45, 2.75) is 31.0 Å². The summed E-state index contributed by atoms with van der Waals surface area (Å²) in [6.07, 6.45) is -3.87. The van der Waals surface area contributed by atoms with Gasteiger partial charge in [0.2, 0.25) is 11.6 Å². The molecule has 1 aliphatic heterocycles. The molecule has 5 N–H and O–H groups in total. The first-order valence-electron chi connectivity index (χ1n) is 6.96. The number of rotatable bonds is 2. The predicted molar refractivity (Wildman–Crippen MR) is 79.0 cm³/mol. The highest BCUT2D eigenvalue weighted by Gasteiger charge is 2.57. The van der Waals surface area contributed by atoms with Crippen LogP contribution < -0.4 is 11.3 Å². The second-order valence-electron chi connectivity index (χ2n) is 5.33. The van der Waals surface area contributed by atoms with Gasteiger partial charge in [0.15, 0.2) is 17.7 Å². The number of anilines is 1. The summed E-state index contributed by atoms with van der Waals surface area (Å²) in [6.45, 7) is 0.680. The molecule has 0 spiro atoms. The minimum Gasteiger partial charge on any atom is -0.394 e. The number of nitrogens with two attached hydrogens (primary N) is 1. The summed E-state index contributed by atoms with van der Waals surface area (Å²) in [7, 11) is 0. The van der Waals surface area contributed by atoms with Crippen molar-refractivity contribution in [3.8, 4) is 11.8 Å². The SMILES string of the molecule is CC#C[C@@]1(F)C(O)[C@@H](CO)O[C@H]1n1cc(F)c2c(=O)[nH]c(N)nc21. The standard InChI is InChI=1S/C14H14F2N4O4/c1-2-3-14(16)9(22)7(5-21)24-12(14)20-4-6(15)8-10(20)18-13(17)19-11(8)23/h4,7,9,12,21-22H,5H2,1H3,(H3,17,18,19,23)/t7-,9?,12-,14-/m1/s1. The largest absolute Gasteiger partial charge is 0.394 e. The van der Waals surface area contributed by atoms with Crippen LogP contribution in [0.3, 0.4) is 0 Å². The molecule has 24 heavy (non-hydrogen) atoms. The number of nitrogens with one attached hydrogen (secondary N) is 1. The molecule has 3 heterocycles. The lowest BCUT2D eigenvalue weighted by atomic mass is 9.96. The highest BCUT2D eigenvalue weighted by molar-refractivity contribution is 5.77. The fourth-order valence-corrected chi connectivity index (χ4v) is 2.80. The molecule has 2 aromatic heterocycles. The van der Waals surface area contributed by atoms with Gasteiger partial charge in [0.1, 0.15) is 17.6 Å². The molecule has 2 aromatic rings. The molecule has 4 atom stereocenters. The normalized spacial score (nSPS) is 29.6. The molecule has 10 heteroatoms. The number of aromatic amines is 1. The van der Waals surface area contributed by atoms with Gasteiger partial charge in [-0.05, 0) is 6.92 Å². The van der Waals surface area contributed by atoms with Crippen LogP contribution >= 0.6 is 0 Å². The summed E-state index contributed by atoms with van der Waals surface area (Å²) in [5.41, 5.74) is 1.72. The van der Waals surface area contributed by atoms with E-state index in [-0.39, 0.29) is 11.6 Å². The first kappa shape index (κ1) is 16.4. The summed E-state index contributed by atoms with van der Waals surface area (Å²) < 4.78 is 35.6. The fourth-order valence-electron chi connectivity index (χ4n) is 2.80. The smallest absolute Gasteiger partial charge is 0.264 e. The molecule has 3 rings (SSSR count). The maximum absolute atomic E-state index is 15.3. The molecular weight excluding hydrogens is 326 g/mol. The molecule has 0 amide bonds. The maximum atomic E-state index is 15.3. The number of aliphatic hydroxyl groups excluding tert-OH is 2. The number of aliphatic hydroxyl groups is 2. The number of hydrogen-bond acceptors (Lipinski definition) is 6. The molecule has 8 nitrogen and oxygen atoms in total. The van der Waals surface area contributed by atoms with Crippen LogP contribution in [0.5, 0.6) is 0 Å². The summed E-state index contributed by atoms with van der Waals surface area (Å²) in [4.78, 5) is 17.8. The molecular formula is C14H14F2N4O4. The van der Waals surface area contributed by atoms with E-state index in [4.69, 9.17) is 10.5 Å². The van der Waals surface area contributed by atoms with Gasteiger partial charge < -0.3 is 20.7 Å². The van der Waals surface area contributed by atoms with Gasteiger partial charge in [0.05, 0.1) is 6.61 Å². The third-order valence-corrected chi connectivity index (χ3v) is 3.85. The van der Waals surface area contributed by atoms with Crippen LogP contribution in [-0.4, -0.2) is 49.2 Å². The van der Waals surface area contributed by atoms with Gasteiger partial charge in [-0.1, -0.05) is 5.92 Å². The number of aromatic nitrogens is 3. The van der Waals surface area contributed by atoms with Crippen LogP contribution in [0.2, 0.25) is 0 Å². The Morgan fingerprint density at radius 3 is 2.96 bits per heavy atom. The molecule has 1 saturated heterocycles. The van der Waals surface area contributed by atoms with E-state index in [1.54, 1.807) is 0 Å². The van der Waals surface area contributed by atoms with Crippen LogP contribution in [0.15, 0.2) is 11.0 Å². The second kappa shape index (κ2) is 5.55. The van der Waals surface area contributed by atoms with Gasteiger partial charge in [-0.3, -0.25) is 14.3 Å². The van der Waals surface area contributed by atoms with Gasteiger partial charge in [-0.25, -0.2) is 8.78 Å². The van der Waals surface area contributed by atoms with Gasteiger partial charge in [-0.15, -0.1) is 5.92 Å². The molecule has 0 aliphatic carbocycles. The zero-order chi connectivity index (χ0) is 17.6. The Balaban J connectivity index is 2.26. The van der Waals surface area contributed by atoms with Crippen molar-refractivity contribution in [2.75, 3.05) is 12.3 Å². The zero-order valence-electron chi connectivity index (χ0n) is 12.5. The molecule has 0 aromatic carbocycles.